The summed E-state index contributed by atoms with van der Waals surface area (Å²) < 4.78 is 10.7. The SMILES string of the molecule is CC#CC#CC#COc1ccc2cc3c(=O)[nH]c(=O)nc-3oc2c1Cl. The predicted molar refractivity (Wildman–Crippen MR) is 92.2 cm³/mol. The number of aromatic amines is 1. The zero-order valence-corrected chi connectivity index (χ0v) is 13.4. The summed E-state index contributed by atoms with van der Waals surface area (Å²) in [7, 11) is 0. The number of aromatic nitrogens is 2. The third kappa shape index (κ3) is 3.33. The Labute approximate surface area is 146 Å². The molecule has 1 aromatic carbocycles. The lowest BCUT2D eigenvalue weighted by Gasteiger charge is -2.07. The Hall–Kier alpha value is -3.66. The molecule has 0 saturated heterocycles. The molecule has 0 aromatic heterocycles. The van der Waals surface area contributed by atoms with Crippen molar-refractivity contribution in [1.29, 1.82) is 0 Å². The van der Waals surface area contributed by atoms with E-state index >= 15 is 0 Å². The molecule has 0 fully saturated rings. The fourth-order valence-electron chi connectivity index (χ4n) is 1.98. The smallest absolute Gasteiger partial charge is 0.351 e. The predicted octanol–water partition coefficient (Wildman–Crippen LogP) is 2.00. The lowest BCUT2D eigenvalue weighted by molar-refractivity contribution is 0.517. The second kappa shape index (κ2) is 6.84. The van der Waals surface area contributed by atoms with Crippen LogP contribution in [0.2, 0.25) is 5.02 Å². The molecule has 2 heterocycles. The fraction of sp³-hybridized carbons (Fsp3) is 0.0556. The molecule has 25 heavy (non-hydrogen) atoms. The van der Waals surface area contributed by atoms with E-state index in [2.05, 4.69) is 45.7 Å². The zero-order valence-electron chi connectivity index (χ0n) is 12.7. The van der Waals surface area contributed by atoms with Gasteiger partial charge in [0.15, 0.2) is 11.3 Å². The van der Waals surface area contributed by atoms with Crippen LogP contribution in [0.1, 0.15) is 6.92 Å². The lowest BCUT2D eigenvalue weighted by Crippen LogP contribution is -2.24. The van der Waals surface area contributed by atoms with E-state index in [-0.39, 0.29) is 27.8 Å². The van der Waals surface area contributed by atoms with E-state index in [9.17, 15) is 9.59 Å². The van der Waals surface area contributed by atoms with Crippen LogP contribution in [-0.4, -0.2) is 9.97 Å². The molecule has 0 amide bonds. The van der Waals surface area contributed by atoms with Crippen LogP contribution in [0.15, 0.2) is 32.2 Å². The average Bonchev–Trinajstić information content (AvgIpc) is 2.59. The number of H-pyrrole nitrogens is 1. The summed E-state index contributed by atoms with van der Waals surface area (Å²) >= 11 is 6.25. The van der Waals surface area contributed by atoms with E-state index < -0.39 is 11.2 Å². The summed E-state index contributed by atoms with van der Waals surface area (Å²) in [4.78, 5) is 28.8. The number of hydrogen-bond acceptors (Lipinski definition) is 5. The van der Waals surface area contributed by atoms with Gasteiger partial charge in [0.1, 0.15) is 16.7 Å². The Morgan fingerprint density at radius 2 is 2.00 bits per heavy atom. The molecule has 0 bridgehead atoms. The normalized spacial score (nSPS) is 9.36. The number of nitrogens with zero attached hydrogens (tertiary/aromatic N) is 1. The monoisotopic (exact) mass is 350 g/mol. The van der Waals surface area contributed by atoms with Crippen molar-refractivity contribution in [2.45, 2.75) is 6.92 Å². The van der Waals surface area contributed by atoms with Gasteiger partial charge in [-0.05, 0) is 37.0 Å². The van der Waals surface area contributed by atoms with Gasteiger partial charge in [-0.3, -0.25) is 9.78 Å². The van der Waals surface area contributed by atoms with E-state index in [1.807, 2.05) is 0 Å². The van der Waals surface area contributed by atoms with Crippen molar-refractivity contribution >= 4 is 22.6 Å². The Bertz CT molecular complexity index is 1250. The quantitative estimate of drug-likeness (QED) is 0.536. The summed E-state index contributed by atoms with van der Waals surface area (Å²) in [5.41, 5.74) is -1.03. The van der Waals surface area contributed by atoms with E-state index in [0.29, 0.717) is 5.39 Å². The molecule has 1 aromatic rings. The van der Waals surface area contributed by atoms with Gasteiger partial charge in [0.05, 0.1) is 0 Å². The van der Waals surface area contributed by atoms with Crippen molar-refractivity contribution in [3.63, 3.8) is 0 Å². The molecule has 7 heteroatoms. The Morgan fingerprint density at radius 1 is 1.20 bits per heavy atom. The van der Waals surface area contributed by atoms with Crippen LogP contribution in [0.5, 0.6) is 5.75 Å². The maximum atomic E-state index is 11.8. The highest BCUT2D eigenvalue weighted by Crippen LogP contribution is 2.35. The molecule has 3 rings (SSSR count). The van der Waals surface area contributed by atoms with Crippen LogP contribution in [-0.2, 0) is 0 Å². The van der Waals surface area contributed by atoms with Gasteiger partial charge in [0.25, 0.3) is 5.56 Å². The molecule has 0 aliphatic carbocycles. The first-order chi connectivity index (χ1) is 12.1. The van der Waals surface area contributed by atoms with Gasteiger partial charge in [-0.1, -0.05) is 17.5 Å². The van der Waals surface area contributed by atoms with E-state index in [4.69, 9.17) is 20.8 Å². The minimum Gasteiger partial charge on any atom is -0.436 e. The molecule has 2 aliphatic rings. The second-order valence-electron chi connectivity index (χ2n) is 4.59. The summed E-state index contributed by atoms with van der Waals surface area (Å²) in [5.74, 6) is 12.7. The average molecular weight is 351 g/mol. The third-order valence-corrected chi connectivity index (χ3v) is 3.37. The number of halogens is 1. The Kier molecular flexibility index (Phi) is 4.44. The number of fused-ring (bicyclic) bond motifs is 2. The highest BCUT2D eigenvalue weighted by molar-refractivity contribution is 6.36. The van der Waals surface area contributed by atoms with Crippen molar-refractivity contribution in [2.24, 2.45) is 0 Å². The molecule has 0 unspecified atom stereocenters. The number of rotatable bonds is 1. The van der Waals surface area contributed by atoms with Gasteiger partial charge in [0.2, 0.25) is 5.89 Å². The molecule has 0 radical (unpaired) electrons. The first-order valence-corrected chi connectivity index (χ1v) is 7.23. The van der Waals surface area contributed by atoms with Gasteiger partial charge < -0.3 is 9.15 Å². The second-order valence-corrected chi connectivity index (χ2v) is 4.96. The topological polar surface area (TPSA) is 85.2 Å². The largest absolute Gasteiger partial charge is 0.436 e. The van der Waals surface area contributed by atoms with Crippen molar-refractivity contribution in [3.05, 3.63) is 44.1 Å². The Morgan fingerprint density at radius 3 is 2.80 bits per heavy atom. The zero-order chi connectivity index (χ0) is 17.8. The molecule has 1 N–H and O–H groups in total. The first kappa shape index (κ1) is 16.2. The fourth-order valence-corrected chi connectivity index (χ4v) is 2.23. The molecule has 0 atom stereocenters. The van der Waals surface area contributed by atoms with Crippen LogP contribution in [0.3, 0.4) is 0 Å². The minimum atomic E-state index is -0.802. The van der Waals surface area contributed by atoms with Gasteiger partial charge in [-0.25, -0.2) is 4.79 Å². The highest BCUT2D eigenvalue weighted by Gasteiger charge is 2.17. The van der Waals surface area contributed by atoms with Gasteiger partial charge in [0, 0.05) is 17.2 Å². The van der Waals surface area contributed by atoms with Crippen LogP contribution in [0.25, 0.3) is 22.4 Å². The van der Waals surface area contributed by atoms with E-state index in [0.717, 1.165) is 0 Å². The number of benzene rings is 1. The molecule has 0 spiro atoms. The van der Waals surface area contributed by atoms with Crippen LogP contribution >= 0.6 is 11.6 Å². The maximum absolute atomic E-state index is 11.8. The maximum Gasteiger partial charge on any atom is 0.351 e. The van der Waals surface area contributed by atoms with Crippen LogP contribution in [0.4, 0.5) is 0 Å². The first-order valence-electron chi connectivity index (χ1n) is 6.85. The van der Waals surface area contributed by atoms with Gasteiger partial charge >= 0.3 is 5.69 Å². The minimum absolute atomic E-state index is 0.115. The standard InChI is InChI=1S/C18H7ClN2O4/c1-2-3-4-5-6-9-24-13-8-7-11-10-12-16(22)20-18(23)21-17(12)25-15(11)14(13)19/h7-8,10H,1H3,(H,20,22,23). The molecule has 0 saturated carbocycles. The van der Waals surface area contributed by atoms with Gasteiger partial charge in [-0.2, -0.15) is 4.98 Å². The molecular formula is C18H7ClN2O4. The third-order valence-electron chi connectivity index (χ3n) is 3.01. The molecule has 120 valence electrons. The van der Waals surface area contributed by atoms with Crippen molar-refractivity contribution in [1.82, 2.24) is 9.97 Å². The van der Waals surface area contributed by atoms with Crippen molar-refractivity contribution in [3.8, 4) is 52.9 Å². The van der Waals surface area contributed by atoms with Crippen LogP contribution in [0, 0.1) is 35.7 Å². The Balaban J connectivity index is 2.08. The molecular weight excluding hydrogens is 344 g/mol. The summed E-state index contributed by atoms with van der Waals surface area (Å²) in [6.07, 6.45) is 2.38. The van der Waals surface area contributed by atoms with Crippen LogP contribution < -0.4 is 16.0 Å². The van der Waals surface area contributed by atoms with E-state index in [1.165, 1.54) is 6.07 Å². The molecule has 2 aliphatic heterocycles. The number of ether oxygens (including phenoxy) is 1. The lowest BCUT2D eigenvalue weighted by atomic mass is 10.1. The van der Waals surface area contributed by atoms with Crippen molar-refractivity contribution in [2.75, 3.05) is 0 Å². The number of hydrogen-bond donors (Lipinski definition) is 1. The van der Waals surface area contributed by atoms with Gasteiger partial charge in [-0.15, -0.1) is 0 Å². The summed E-state index contributed by atoms with van der Waals surface area (Å²) in [6, 6.07) is 4.74. The summed E-state index contributed by atoms with van der Waals surface area (Å²) in [5, 5.41) is 0.673. The van der Waals surface area contributed by atoms with E-state index in [1.54, 1.807) is 19.1 Å². The highest BCUT2D eigenvalue weighted by atomic mass is 35.5. The molecule has 6 nitrogen and oxygen atoms in total. The summed E-state index contributed by atoms with van der Waals surface area (Å²) in [6.45, 7) is 1.67. The van der Waals surface area contributed by atoms with Crippen molar-refractivity contribution < 1.29 is 9.15 Å². The number of nitrogens with one attached hydrogen (secondary N) is 1.